The number of carbonyl (C=O) groups is 1. The third-order valence-corrected chi connectivity index (χ3v) is 7.34. The van der Waals surface area contributed by atoms with E-state index in [1.165, 1.54) is 12.5 Å². The highest BCUT2D eigenvalue weighted by Gasteiger charge is 2.34. The monoisotopic (exact) mass is 518 g/mol. The van der Waals surface area contributed by atoms with Crippen LogP contribution in [0.25, 0.3) is 11.3 Å². The molecule has 11 heteroatoms. The van der Waals surface area contributed by atoms with Crippen molar-refractivity contribution in [2.45, 2.75) is 42.7 Å². The highest BCUT2D eigenvalue weighted by Crippen LogP contribution is 2.38. The lowest BCUT2D eigenvalue weighted by Gasteiger charge is -2.36. The zero-order chi connectivity index (χ0) is 26.1. The second kappa shape index (κ2) is 10.5. The molecule has 0 radical (unpaired) electrons. The van der Waals surface area contributed by atoms with Gasteiger partial charge >= 0.3 is 0 Å². The number of anilines is 1. The first kappa shape index (κ1) is 25.9. The van der Waals surface area contributed by atoms with Crippen LogP contribution in [-0.4, -0.2) is 43.6 Å². The Morgan fingerprint density at radius 1 is 1.14 bits per heavy atom. The van der Waals surface area contributed by atoms with Gasteiger partial charge < -0.3 is 16.2 Å². The van der Waals surface area contributed by atoms with Gasteiger partial charge in [-0.05, 0) is 60.6 Å². The molecule has 1 aromatic carbocycles. The summed E-state index contributed by atoms with van der Waals surface area (Å²) in [7, 11) is -1.65. The Kier molecular flexibility index (Phi) is 7.53. The van der Waals surface area contributed by atoms with E-state index in [2.05, 4.69) is 15.3 Å². The van der Waals surface area contributed by atoms with Crippen molar-refractivity contribution >= 4 is 22.4 Å². The number of aliphatic hydroxyl groups is 1. The van der Waals surface area contributed by atoms with Crippen LogP contribution in [0, 0.1) is 23.4 Å². The molecule has 4 N–H and O–H groups in total. The number of nitrogens with two attached hydrogens (primary N) is 1. The lowest BCUT2D eigenvalue weighted by Crippen LogP contribution is -2.44. The van der Waals surface area contributed by atoms with Gasteiger partial charge in [-0.15, -0.1) is 0 Å². The van der Waals surface area contributed by atoms with Gasteiger partial charge in [0.1, 0.15) is 28.8 Å². The third kappa shape index (κ3) is 5.18. The Labute approximate surface area is 208 Å². The number of nitrogens with zero attached hydrogens (tertiary/aromatic N) is 2. The second-order valence-corrected chi connectivity index (χ2v) is 10.3. The molecule has 0 spiro atoms. The number of hydrogen-bond acceptors (Lipinski definition) is 6. The van der Waals surface area contributed by atoms with Gasteiger partial charge in [-0.2, -0.15) is 0 Å². The van der Waals surface area contributed by atoms with E-state index in [4.69, 9.17) is 5.73 Å². The van der Waals surface area contributed by atoms with E-state index in [1.54, 1.807) is 12.3 Å². The standard InChI is InChI=1S/C25H25F3N4O3S/c1-12-7-13(8-19(29)24(12)33)15-5-6-30-11-21(15)32-25(34)20-4-3-16(26)23(31-20)22-17(27)9-14(36(2)35)10-18(22)28/h3-6,9-13,19,24,33H,7-8,29H2,1-2H3,(H,32,34)/t12-,13+,19+,24+,36?/m0/s1. The lowest BCUT2D eigenvalue weighted by atomic mass is 9.74. The molecule has 1 unspecified atom stereocenters. The number of pyridine rings is 2. The highest BCUT2D eigenvalue weighted by molar-refractivity contribution is 7.84. The van der Waals surface area contributed by atoms with Gasteiger partial charge in [0, 0.05) is 34.2 Å². The Morgan fingerprint density at radius 3 is 2.47 bits per heavy atom. The van der Waals surface area contributed by atoms with Crippen LogP contribution in [0.5, 0.6) is 0 Å². The molecule has 1 aliphatic rings. The van der Waals surface area contributed by atoms with E-state index in [1.807, 2.05) is 6.92 Å². The fourth-order valence-electron chi connectivity index (χ4n) is 4.57. The molecular weight excluding hydrogens is 493 g/mol. The van der Waals surface area contributed by atoms with Crippen molar-refractivity contribution in [2.24, 2.45) is 11.7 Å². The molecule has 1 fully saturated rings. The molecule has 190 valence electrons. The number of benzene rings is 1. The molecule has 7 nitrogen and oxygen atoms in total. The van der Waals surface area contributed by atoms with Gasteiger partial charge in [-0.25, -0.2) is 18.2 Å². The first-order valence-corrected chi connectivity index (χ1v) is 12.8. The van der Waals surface area contributed by atoms with Crippen molar-refractivity contribution in [3.63, 3.8) is 0 Å². The summed E-state index contributed by atoms with van der Waals surface area (Å²) in [4.78, 5) is 20.9. The number of aliphatic hydroxyl groups excluding tert-OH is 1. The average molecular weight is 519 g/mol. The van der Waals surface area contributed by atoms with Crippen LogP contribution in [-0.2, 0) is 10.8 Å². The zero-order valence-corrected chi connectivity index (χ0v) is 20.4. The van der Waals surface area contributed by atoms with Crippen LogP contribution >= 0.6 is 0 Å². The fraction of sp³-hybridized carbons (Fsp3) is 0.320. The molecule has 3 aromatic rings. The van der Waals surface area contributed by atoms with Crippen LogP contribution in [0.4, 0.5) is 18.9 Å². The van der Waals surface area contributed by atoms with Crippen LogP contribution in [0.1, 0.15) is 41.7 Å². The van der Waals surface area contributed by atoms with Gasteiger partial charge in [-0.1, -0.05) is 6.92 Å². The molecule has 36 heavy (non-hydrogen) atoms. The van der Waals surface area contributed by atoms with Gasteiger partial charge in [0.15, 0.2) is 0 Å². The number of nitrogens with one attached hydrogen (secondary N) is 1. The van der Waals surface area contributed by atoms with E-state index in [-0.39, 0.29) is 22.4 Å². The number of hydrogen-bond donors (Lipinski definition) is 3. The number of rotatable bonds is 5. The molecule has 2 heterocycles. The Hall–Kier alpha value is -3.15. The number of halogens is 3. The lowest BCUT2D eigenvalue weighted by molar-refractivity contribution is 0.0521. The topological polar surface area (TPSA) is 118 Å². The minimum absolute atomic E-state index is 0.0424. The van der Waals surface area contributed by atoms with Gasteiger partial charge in [0.25, 0.3) is 5.91 Å². The van der Waals surface area contributed by atoms with Crippen LogP contribution in [0.3, 0.4) is 0 Å². The van der Waals surface area contributed by atoms with Crippen molar-refractivity contribution in [2.75, 3.05) is 11.6 Å². The van der Waals surface area contributed by atoms with Crippen molar-refractivity contribution in [1.29, 1.82) is 0 Å². The molecule has 0 saturated heterocycles. The van der Waals surface area contributed by atoms with Crippen LogP contribution in [0.15, 0.2) is 47.6 Å². The maximum Gasteiger partial charge on any atom is 0.274 e. The number of carbonyl (C=O) groups excluding carboxylic acids is 1. The molecular formula is C25H25F3N4O3S. The second-order valence-electron chi connectivity index (χ2n) is 8.96. The zero-order valence-electron chi connectivity index (χ0n) is 19.5. The smallest absolute Gasteiger partial charge is 0.274 e. The number of aromatic nitrogens is 2. The van der Waals surface area contributed by atoms with Crippen LogP contribution < -0.4 is 11.1 Å². The first-order valence-electron chi connectivity index (χ1n) is 11.2. The molecule has 1 saturated carbocycles. The number of amides is 1. The summed E-state index contributed by atoms with van der Waals surface area (Å²) < 4.78 is 55.4. The van der Waals surface area contributed by atoms with Crippen LogP contribution in [0.2, 0.25) is 0 Å². The van der Waals surface area contributed by atoms with E-state index in [9.17, 15) is 27.3 Å². The average Bonchev–Trinajstić information content (AvgIpc) is 2.83. The minimum atomic E-state index is -1.65. The van der Waals surface area contributed by atoms with Gasteiger partial charge in [-0.3, -0.25) is 14.0 Å². The highest BCUT2D eigenvalue weighted by atomic mass is 32.2. The first-order chi connectivity index (χ1) is 17.1. The van der Waals surface area contributed by atoms with E-state index in [0.29, 0.717) is 18.5 Å². The molecule has 5 atom stereocenters. The summed E-state index contributed by atoms with van der Waals surface area (Å²) >= 11 is 0. The Balaban J connectivity index is 1.64. The summed E-state index contributed by atoms with van der Waals surface area (Å²) in [5.41, 5.74) is 5.55. The molecule has 0 aliphatic heterocycles. The normalized spacial score (nSPS) is 22.8. The largest absolute Gasteiger partial charge is 0.391 e. The predicted molar refractivity (Wildman–Crippen MR) is 129 cm³/mol. The minimum Gasteiger partial charge on any atom is -0.391 e. The van der Waals surface area contributed by atoms with Crippen molar-refractivity contribution < 1.29 is 27.3 Å². The van der Waals surface area contributed by atoms with Gasteiger partial charge in [0.05, 0.1) is 23.6 Å². The van der Waals surface area contributed by atoms with Gasteiger partial charge in [0.2, 0.25) is 0 Å². The summed E-state index contributed by atoms with van der Waals surface area (Å²) in [5, 5.41) is 12.9. The summed E-state index contributed by atoms with van der Waals surface area (Å²) in [6.45, 7) is 1.91. The molecule has 1 amide bonds. The Bertz CT molecular complexity index is 1300. The van der Waals surface area contributed by atoms with E-state index in [0.717, 1.165) is 29.8 Å². The summed E-state index contributed by atoms with van der Waals surface area (Å²) in [6, 6.07) is 5.03. The van der Waals surface area contributed by atoms with E-state index >= 15 is 0 Å². The molecule has 4 rings (SSSR count). The quantitative estimate of drug-likeness (QED) is 0.474. The van der Waals surface area contributed by atoms with Crippen molar-refractivity contribution in [3.8, 4) is 11.3 Å². The molecule has 2 aromatic heterocycles. The Morgan fingerprint density at radius 2 is 1.83 bits per heavy atom. The molecule has 1 aliphatic carbocycles. The SMILES string of the molecule is C[C@H]1C[C@@H](c2ccncc2NC(=O)c2ccc(F)c(-c3c(F)cc(S(C)=O)cc3F)n2)C[C@@H](N)[C@@H]1O. The predicted octanol–water partition coefficient (Wildman–Crippen LogP) is 3.75. The van der Waals surface area contributed by atoms with E-state index < -0.39 is 57.6 Å². The fourth-order valence-corrected chi connectivity index (χ4v) is 5.11. The van der Waals surface area contributed by atoms with Crippen molar-refractivity contribution in [3.05, 3.63) is 71.4 Å². The summed E-state index contributed by atoms with van der Waals surface area (Å²) in [6.07, 6.45) is 4.84. The van der Waals surface area contributed by atoms with Crippen molar-refractivity contribution in [1.82, 2.24) is 9.97 Å². The maximum absolute atomic E-state index is 14.6. The third-order valence-electron chi connectivity index (χ3n) is 6.44. The summed E-state index contributed by atoms with van der Waals surface area (Å²) in [5.74, 6) is -4.14. The maximum atomic E-state index is 14.6. The molecule has 0 bridgehead atoms.